The Morgan fingerprint density at radius 3 is 2.63 bits per heavy atom. The zero-order valence-corrected chi connectivity index (χ0v) is 13.1. The number of hydrogen-bond acceptors (Lipinski definition) is 3. The fourth-order valence-electron chi connectivity index (χ4n) is 1.45. The predicted molar refractivity (Wildman–Crippen MR) is 78.9 cm³/mol. The number of aryl methyl sites for hydroxylation is 1. The van der Waals surface area contributed by atoms with E-state index in [1.54, 1.807) is 24.3 Å². The third kappa shape index (κ3) is 3.46. The molecule has 0 aliphatic rings. The Kier molecular flexibility index (Phi) is 4.13. The maximum atomic E-state index is 12.2. The lowest BCUT2D eigenvalue weighted by molar-refractivity contribution is 0.601. The minimum Gasteiger partial charge on any atom is -0.263 e. The van der Waals surface area contributed by atoms with Crippen molar-refractivity contribution in [3.8, 4) is 0 Å². The van der Waals surface area contributed by atoms with E-state index in [9.17, 15) is 8.42 Å². The molecule has 1 aromatic carbocycles. The van der Waals surface area contributed by atoms with E-state index in [1.807, 2.05) is 6.92 Å². The summed E-state index contributed by atoms with van der Waals surface area (Å²) in [5.74, 6) is 0.188. The van der Waals surface area contributed by atoms with E-state index in [0.717, 1.165) is 10.0 Å². The first-order valence-corrected chi connectivity index (χ1v) is 7.95. The Hall–Kier alpha value is -1.11. The first-order chi connectivity index (χ1) is 8.88. The number of aromatic nitrogens is 1. The zero-order chi connectivity index (χ0) is 14.0. The Morgan fingerprint density at radius 2 is 2.00 bits per heavy atom. The van der Waals surface area contributed by atoms with Crippen molar-refractivity contribution in [3.63, 3.8) is 0 Å². The zero-order valence-electron chi connectivity index (χ0n) is 9.89. The summed E-state index contributed by atoms with van der Waals surface area (Å²) < 4.78 is 27.6. The highest BCUT2D eigenvalue weighted by Crippen LogP contribution is 2.22. The van der Waals surface area contributed by atoms with Crippen LogP contribution >= 0.6 is 27.5 Å². The number of pyridine rings is 1. The van der Waals surface area contributed by atoms with Gasteiger partial charge in [-0.1, -0.05) is 33.6 Å². The van der Waals surface area contributed by atoms with Gasteiger partial charge in [0.05, 0.1) is 4.90 Å². The fourth-order valence-corrected chi connectivity index (χ4v) is 2.94. The van der Waals surface area contributed by atoms with Gasteiger partial charge in [-0.25, -0.2) is 13.4 Å². The van der Waals surface area contributed by atoms with Gasteiger partial charge in [-0.05, 0) is 42.8 Å². The molecule has 0 bridgehead atoms. The number of rotatable bonds is 3. The van der Waals surface area contributed by atoms with E-state index in [4.69, 9.17) is 11.6 Å². The number of nitrogens with one attached hydrogen (secondary N) is 1. The highest BCUT2D eigenvalue weighted by Gasteiger charge is 2.15. The molecular formula is C12H10BrClN2O2S. The second kappa shape index (κ2) is 5.48. The standard InChI is InChI=1S/C12H10BrClN2O2S/c1-8-7-9(5-6-10(8)13)19(17,18)16-12-4-2-3-11(14)15-12/h2-7H,1H3,(H,15,16). The lowest BCUT2D eigenvalue weighted by Crippen LogP contribution is -2.14. The van der Waals surface area contributed by atoms with Crippen LogP contribution < -0.4 is 4.72 Å². The van der Waals surface area contributed by atoms with Crippen LogP contribution in [0.2, 0.25) is 5.15 Å². The van der Waals surface area contributed by atoms with Gasteiger partial charge in [0.2, 0.25) is 0 Å². The molecule has 0 radical (unpaired) electrons. The summed E-state index contributed by atoms with van der Waals surface area (Å²) in [7, 11) is -3.66. The maximum absolute atomic E-state index is 12.2. The van der Waals surface area contributed by atoms with Crippen molar-refractivity contribution in [3.05, 3.63) is 51.6 Å². The van der Waals surface area contributed by atoms with E-state index < -0.39 is 10.0 Å². The van der Waals surface area contributed by atoms with Gasteiger partial charge in [0.25, 0.3) is 10.0 Å². The lowest BCUT2D eigenvalue weighted by Gasteiger charge is -2.08. The summed E-state index contributed by atoms with van der Waals surface area (Å²) in [6, 6.07) is 9.52. The van der Waals surface area contributed by atoms with Gasteiger partial charge < -0.3 is 0 Å². The third-order valence-corrected chi connectivity index (χ3v) is 4.85. The van der Waals surface area contributed by atoms with Crippen LogP contribution in [0.5, 0.6) is 0 Å². The minimum absolute atomic E-state index is 0.176. The van der Waals surface area contributed by atoms with Crippen LogP contribution in [-0.4, -0.2) is 13.4 Å². The molecule has 2 aromatic rings. The molecule has 0 aliphatic heterocycles. The van der Waals surface area contributed by atoms with Crippen LogP contribution in [0.25, 0.3) is 0 Å². The van der Waals surface area contributed by atoms with Gasteiger partial charge in [0, 0.05) is 4.47 Å². The van der Waals surface area contributed by atoms with Gasteiger partial charge in [-0.3, -0.25) is 4.72 Å². The van der Waals surface area contributed by atoms with Crippen molar-refractivity contribution in [2.75, 3.05) is 4.72 Å². The van der Waals surface area contributed by atoms with Crippen molar-refractivity contribution in [2.24, 2.45) is 0 Å². The molecule has 0 amide bonds. The summed E-state index contributed by atoms with van der Waals surface area (Å²) in [5, 5.41) is 0.229. The smallest absolute Gasteiger partial charge is 0.263 e. The quantitative estimate of drug-likeness (QED) is 0.850. The largest absolute Gasteiger partial charge is 0.263 e. The average molecular weight is 362 g/mol. The number of anilines is 1. The number of benzene rings is 1. The molecule has 1 N–H and O–H groups in total. The fraction of sp³-hybridized carbons (Fsp3) is 0.0833. The summed E-state index contributed by atoms with van der Waals surface area (Å²) in [4.78, 5) is 4.07. The molecular weight excluding hydrogens is 352 g/mol. The molecule has 0 saturated carbocycles. The highest BCUT2D eigenvalue weighted by atomic mass is 79.9. The third-order valence-electron chi connectivity index (χ3n) is 2.39. The van der Waals surface area contributed by atoms with Crippen molar-refractivity contribution >= 4 is 43.4 Å². The summed E-state index contributed by atoms with van der Waals surface area (Å²) >= 11 is 9.04. The molecule has 100 valence electrons. The number of sulfonamides is 1. The molecule has 0 fully saturated rings. The molecule has 0 saturated heterocycles. The topological polar surface area (TPSA) is 59.1 Å². The molecule has 0 unspecified atom stereocenters. The Bertz CT molecular complexity index is 719. The van der Waals surface area contributed by atoms with E-state index >= 15 is 0 Å². The maximum Gasteiger partial charge on any atom is 0.263 e. The Morgan fingerprint density at radius 1 is 1.26 bits per heavy atom. The Balaban J connectivity index is 2.35. The van der Waals surface area contributed by atoms with E-state index in [-0.39, 0.29) is 15.9 Å². The second-order valence-corrected chi connectivity index (χ2v) is 6.79. The van der Waals surface area contributed by atoms with Crippen LogP contribution in [0.4, 0.5) is 5.82 Å². The first-order valence-electron chi connectivity index (χ1n) is 5.30. The molecule has 1 heterocycles. The van der Waals surface area contributed by atoms with Crippen molar-refractivity contribution in [1.82, 2.24) is 4.98 Å². The van der Waals surface area contributed by atoms with Crippen LogP contribution in [0.15, 0.2) is 45.8 Å². The monoisotopic (exact) mass is 360 g/mol. The van der Waals surface area contributed by atoms with Crippen molar-refractivity contribution < 1.29 is 8.42 Å². The number of hydrogen-bond donors (Lipinski definition) is 1. The van der Waals surface area contributed by atoms with Crippen LogP contribution in [0.3, 0.4) is 0 Å². The first kappa shape index (κ1) is 14.3. The second-order valence-electron chi connectivity index (χ2n) is 3.86. The number of nitrogens with zero attached hydrogens (tertiary/aromatic N) is 1. The van der Waals surface area contributed by atoms with E-state index in [2.05, 4.69) is 25.6 Å². The lowest BCUT2D eigenvalue weighted by atomic mass is 10.2. The average Bonchev–Trinajstić information content (AvgIpc) is 2.32. The summed E-state index contributed by atoms with van der Waals surface area (Å²) in [6.07, 6.45) is 0. The van der Waals surface area contributed by atoms with E-state index in [0.29, 0.717) is 0 Å². The van der Waals surface area contributed by atoms with Gasteiger partial charge in [0.15, 0.2) is 0 Å². The molecule has 7 heteroatoms. The summed E-state index contributed by atoms with van der Waals surface area (Å²) in [5.41, 5.74) is 0.835. The van der Waals surface area contributed by atoms with Crippen molar-refractivity contribution in [2.45, 2.75) is 11.8 Å². The van der Waals surface area contributed by atoms with Crippen LogP contribution in [0.1, 0.15) is 5.56 Å². The van der Waals surface area contributed by atoms with Gasteiger partial charge in [-0.15, -0.1) is 0 Å². The molecule has 0 spiro atoms. The van der Waals surface area contributed by atoms with Crippen LogP contribution in [-0.2, 0) is 10.0 Å². The molecule has 0 aliphatic carbocycles. The molecule has 1 aromatic heterocycles. The molecule has 2 rings (SSSR count). The minimum atomic E-state index is -3.66. The van der Waals surface area contributed by atoms with Crippen molar-refractivity contribution in [1.29, 1.82) is 0 Å². The summed E-state index contributed by atoms with van der Waals surface area (Å²) in [6.45, 7) is 1.82. The molecule has 4 nitrogen and oxygen atoms in total. The SMILES string of the molecule is Cc1cc(S(=O)(=O)Nc2cccc(Cl)n2)ccc1Br. The molecule has 0 atom stereocenters. The number of halogens is 2. The van der Waals surface area contributed by atoms with Gasteiger partial charge in [-0.2, -0.15) is 0 Å². The predicted octanol–water partition coefficient (Wildman–Crippen LogP) is 3.61. The highest BCUT2D eigenvalue weighted by molar-refractivity contribution is 9.10. The normalized spacial score (nSPS) is 11.3. The van der Waals surface area contributed by atoms with Gasteiger partial charge in [0.1, 0.15) is 11.0 Å². The molecule has 19 heavy (non-hydrogen) atoms. The van der Waals surface area contributed by atoms with E-state index in [1.165, 1.54) is 12.1 Å². The Labute approximate surface area is 125 Å². The van der Waals surface area contributed by atoms with Gasteiger partial charge >= 0.3 is 0 Å². The van der Waals surface area contributed by atoms with Crippen LogP contribution in [0, 0.1) is 6.92 Å².